The van der Waals surface area contributed by atoms with Gasteiger partial charge in [0.05, 0.1) is 10.7 Å². The molecule has 0 aliphatic rings. The van der Waals surface area contributed by atoms with Crippen LogP contribution in [0, 0.1) is 0 Å². The van der Waals surface area contributed by atoms with E-state index < -0.39 is 0 Å². The highest BCUT2D eigenvalue weighted by molar-refractivity contribution is 9.10. The smallest absolute Gasteiger partial charge is 0.125 e. The summed E-state index contributed by atoms with van der Waals surface area (Å²) in [6.45, 7) is 2.12. The number of halogens is 2. The summed E-state index contributed by atoms with van der Waals surface area (Å²) in [7, 11) is 1.85. The summed E-state index contributed by atoms with van der Waals surface area (Å²) < 4.78 is 2.66. The lowest BCUT2D eigenvalue weighted by molar-refractivity contribution is 0.781. The lowest BCUT2D eigenvalue weighted by Crippen LogP contribution is -1.99. The van der Waals surface area contributed by atoms with Crippen LogP contribution < -0.4 is 5.73 Å². The fourth-order valence-corrected chi connectivity index (χ4v) is 2.74. The molecule has 1 aromatic carbocycles. The van der Waals surface area contributed by atoms with E-state index in [0.717, 1.165) is 34.1 Å². The largest absolute Gasteiger partial charge is 0.384 e. The second-order valence-electron chi connectivity index (χ2n) is 4.21. The minimum absolute atomic E-state index is 0.680. The molecule has 0 aliphatic carbocycles. The van der Waals surface area contributed by atoms with Crippen LogP contribution in [0.5, 0.6) is 0 Å². The minimum Gasteiger partial charge on any atom is -0.384 e. The number of aryl methyl sites for hydroxylation is 1. The molecule has 5 heteroatoms. The molecule has 0 bridgehead atoms. The standard InChI is InChI=1S/C13H15BrClN3/c1-3-4-10-12(17-18(2)13(10)16)9-6-5-8(14)7-11(9)15/h5-7H,3-4,16H2,1-2H3. The second kappa shape index (κ2) is 5.33. The van der Waals surface area contributed by atoms with Gasteiger partial charge < -0.3 is 5.73 Å². The summed E-state index contributed by atoms with van der Waals surface area (Å²) in [5, 5.41) is 5.16. The van der Waals surface area contributed by atoms with E-state index in [-0.39, 0.29) is 0 Å². The van der Waals surface area contributed by atoms with Crippen molar-refractivity contribution in [2.75, 3.05) is 5.73 Å². The van der Waals surface area contributed by atoms with Gasteiger partial charge in [0, 0.05) is 22.6 Å². The Morgan fingerprint density at radius 1 is 1.44 bits per heavy atom. The van der Waals surface area contributed by atoms with Crippen molar-refractivity contribution < 1.29 is 0 Å². The summed E-state index contributed by atoms with van der Waals surface area (Å²) in [5.74, 6) is 0.714. The number of hydrogen-bond acceptors (Lipinski definition) is 2. The number of benzene rings is 1. The number of nitrogen functional groups attached to an aromatic ring is 1. The van der Waals surface area contributed by atoms with Gasteiger partial charge in [-0.3, -0.25) is 4.68 Å². The molecule has 0 saturated carbocycles. The molecule has 1 aromatic heterocycles. The lowest BCUT2D eigenvalue weighted by atomic mass is 10.0. The molecule has 0 aliphatic heterocycles. The maximum absolute atomic E-state index is 6.28. The van der Waals surface area contributed by atoms with Gasteiger partial charge in [-0.1, -0.05) is 46.9 Å². The highest BCUT2D eigenvalue weighted by atomic mass is 79.9. The number of nitrogens with zero attached hydrogens (tertiary/aromatic N) is 2. The summed E-state index contributed by atoms with van der Waals surface area (Å²) in [4.78, 5) is 0. The third kappa shape index (κ3) is 2.40. The van der Waals surface area contributed by atoms with Crippen LogP contribution in [0.3, 0.4) is 0 Å². The fraction of sp³-hybridized carbons (Fsp3) is 0.308. The van der Waals surface area contributed by atoms with E-state index in [1.54, 1.807) is 4.68 Å². The Morgan fingerprint density at radius 2 is 2.17 bits per heavy atom. The van der Waals surface area contributed by atoms with Gasteiger partial charge in [-0.05, 0) is 18.6 Å². The molecule has 96 valence electrons. The Kier molecular flexibility index (Phi) is 3.97. The van der Waals surface area contributed by atoms with E-state index in [1.807, 2.05) is 25.2 Å². The quantitative estimate of drug-likeness (QED) is 0.924. The van der Waals surface area contributed by atoms with Gasteiger partial charge >= 0.3 is 0 Å². The number of aromatic nitrogens is 2. The predicted octanol–water partition coefficient (Wildman–Crippen LogP) is 4.04. The van der Waals surface area contributed by atoms with Crippen LogP contribution >= 0.6 is 27.5 Å². The van der Waals surface area contributed by atoms with Gasteiger partial charge in [-0.15, -0.1) is 0 Å². The molecule has 3 nitrogen and oxygen atoms in total. The van der Waals surface area contributed by atoms with Crippen molar-refractivity contribution in [3.8, 4) is 11.3 Å². The molecule has 18 heavy (non-hydrogen) atoms. The Labute approximate surface area is 120 Å². The lowest BCUT2D eigenvalue weighted by Gasteiger charge is -2.05. The van der Waals surface area contributed by atoms with Gasteiger partial charge in [0.15, 0.2) is 0 Å². The van der Waals surface area contributed by atoms with E-state index in [9.17, 15) is 0 Å². The van der Waals surface area contributed by atoms with Crippen LogP contribution in [-0.2, 0) is 13.5 Å². The third-order valence-electron chi connectivity index (χ3n) is 2.88. The zero-order chi connectivity index (χ0) is 13.3. The van der Waals surface area contributed by atoms with Crippen molar-refractivity contribution in [3.63, 3.8) is 0 Å². The SMILES string of the molecule is CCCc1c(-c2ccc(Br)cc2Cl)nn(C)c1N. The first-order valence-corrected chi connectivity index (χ1v) is 6.98. The summed E-state index contributed by atoms with van der Waals surface area (Å²) in [5.41, 5.74) is 8.94. The molecule has 0 fully saturated rings. The number of nitrogens with two attached hydrogens (primary N) is 1. The minimum atomic E-state index is 0.680. The molecule has 2 N–H and O–H groups in total. The molecular weight excluding hydrogens is 314 g/mol. The topological polar surface area (TPSA) is 43.8 Å². The molecule has 2 aromatic rings. The normalized spacial score (nSPS) is 10.9. The van der Waals surface area contributed by atoms with Crippen molar-refractivity contribution in [2.45, 2.75) is 19.8 Å². The van der Waals surface area contributed by atoms with Crippen LogP contribution in [0.1, 0.15) is 18.9 Å². The average Bonchev–Trinajstić information content (AvgIpc) is 2.58. The first-order valence-electron chi connectivity index (χ1n) is 5.81. The van der Waals surface area contributed by atoms with E-state index in [4.69, 9.17) is 17.3 Å². The molecule has 1 heterocycles. The number of anilines is 1. The van der Waals surface area contributed by atoms with Gasteiger partial charge in [0.25, 0.3) is 0 Å². The van der Waals surface area contributed by atoms with Gasteiger partial charge in [0.2, 0.25) is 0 Å². The second-order valence-corrected chi connectivity index (χ2v) is 5.53. The summed E-state index contributed by atoms with van der Waals surface area (Å²) >= 11 is 9.68. The summed E-state index contributed by atoms with van der Waals surface area (Å²) in [6, 6.07) is 5.80. The van der Waals surface area contributed by atoms with Crippen LogP contribution in [0.4, 0.5) is 5.82 Å². The zero-order valence-corrected chi connectivity index (χ0v) is 12.7. The average molecular weight is 329 g/mol. The van der Waals surface area contributed by atoms with E-state index >= 15 is 0 Å². The highest BCUT2D eigenvalue weighted by Gasteiger charge is 2.16. The Bertz CT molecular complexity index is 578. The highest BCUT2D eigenvalue weighted by Crippen LogP contribution is 2.34. The van der Waals surface area contributed by atoms with Crippen molar-refractivity contribution in [2.24, 2.45) is 7.05 Å². The van der Waals surface area contributed by atoms with E-state index in [2.05, 4.69) is 28.0 Å². The molecule has 2 rings (SSSR count). The van der Waals surface area contributed by atoms with E-state index in [1.165, 1.54) is 0 Å². The Morgan fingerprint density at radius 3 is 2.78 bits per heavy atom. The molecule has 0 atom stereocenters. The molecule has 0 saturated heterocycles. The van der Waals surface area contributed by atoms with Crippen molar-refractivity contribution >= 4 is 33.3 Å². The number of hydrogen-bond donors (Lipinski definition) is 1. The Balaban J connectivity index is 2.59. The van der Waals surface area contributed by atoms with Crippen LogP contribution in [0.25, 0.3) is 11.3 Å². The summed E-state index contributed by atoms with van der Waals surface area (Å²) in [6.07, 6.45) is 1.93. The van der Waals surface area contributed by atoms with Crippen molar-refractivity contribution in [1.29, 1.82) is 0 Å². The van der Waals surface area contributed by atoms with E-state index in [0.29, 0.717) is 10.8 Å². The predicted molar refractivity (Wildman–Crippen MR) is 79.8 cm³/mol. The van der Waals surface area contributed by atoms with Crippen molar-refractivity contribution in [3.05, 3.63) is 33.3 Å². The maximum Gasteiger partial charge on any atom is 0.125 e. The Hall–Kier alpha value is -1.00. The van der Waals surface area contributed by atoms with Crippen LogP contribution in [0.15, 0.2) is 22.7 Å². The first-order chi connectivity index (χ1) is 8.54. The van der Waals surface area contributed by atoms with Crippen LogP contribution in [-0.4, -0.2) is 9.78 Å². The molecule has 0 radical (unpaired) electrons. The number of rotatable bonds is 3. The monoisotopic (exact) mass is 327 g/mol. The molecular formula is C13H15BrClN3. The van der Waals surface area contributed by atoms with Crippen LogP contribution in [0.2, 0.25) is 5.02 Å². The van der Waals surface area contributed by atoms with Crippen molar-refractivity contribution in [1.82, 2.24) is 9.78 Å². The fourth-order valence-electron chi connectivity index (χ4n) is 1.98. The molecule has 0 spiro atoms. The molecule has 0 unspecified atom stereocenters. The van der Waals surface area contributed by atoms with Gasteiger partial charge in [-0.2, -0.15) is 5.10 Å². The van der Waals surface area contributed by atoms with Gasteiger partial charge in [0.1, 0.15) is 5.82 Å². The maximum atomic E-state index is 6.28. The third-order valence-corrected chi connectivity index (χ3v) is 3.69. The first kappa shape index (κ1) is 13.4. The van der Waals surface area contributed by atoms with Gasteiger partial charge in [-0.25, -0.2) is 0 Å². The molecule has 0 amide bonds. The zero-order valence-electron chi connectivity index (χ0n) is 10.4.